The molecule has 0 aromatic carbocycles. The van der Waals surface area contributed by atoms with Crippen LogP contribution in [0.1, 0.15) is 52.4 Å². The maximum Gasteiger partial charge on any atom is 0.317 e. The van der Waals surface area contributed by atoms with Crippen molar-refractivity contribution in [3.8, 4) is 0 Å². The van der Waals surface area contributed by atoms with E-state index in [0.29, 0.717) is 5.92 Å². The minimum Gasteiger partial charge on any atom is -0.338 e. The van der Waals surface area contributed by atoms with Gasteiger partial charge in [0.25, 0.3) is 0 Å². The van der Waals surface area contributed by atoms with E-state index in [1.54, 1.807) is 0 Å². The number of carbonyl (C=O) groups excluding carboxylic acids is 1. The lowest BCUT2D eigenvalue weighted by Gasteiger charge is -2.47. The third-order valence-corrected chi connectivity index (χ3v) is 5.39. The van der Waals surface area contributed by atoms with E-state index in [4.69, 9.17) is 0 Å². The summed E-state index contributed by atoms with van der Waals surface area (Å²) >= 11 is 0. The Morgan fingerprint density at radius 1 is 1.18 bits per heavy atom. The molecule has 3 rings (SSSR count). The van der Waals surface area contributed by atoms with Gasteiger partial charge in [0, 0.05) is 31.7 Å². The molecule has 2 amide bonds. The van der Waals surface area contributed by atoms with Crippen LogP contribution >= 0.6 is 0 Å². The van der Waals surface area contributed by atoms with Crippen LogP contribution in [0.4, 0.5) is 4.79 Å². The van der Waals surface area contributed by atoms with Crippen molar-refractivity contribution in [2.24, 2.45) is 5.92 Å². The van der Waals surface area contributed by atoms with Crippen molar-refractivity contribution in [3.05, 3.63) is 11.6 Å². The first-order valence-electron chi connectivity index (χ1n) is 9.07. The van der Waals surface area contributed by atoms with Gasteiger partial charge in [-0.2, -0.15) is 0 Å². The molecule has 1 aliphatic carbocycles. The van der Waals surface area contributed by atoms with Gasteiger partial charge in [-0.25, -0.2) is 4.79 Å². The third kappa shape index (κ3) is 3.83. The second kappa shape index (κ2) is 7.03. The zero-order valence-corrected chi connectivity index (χ0v) is 14.2. The van der Waals surface area contributed by atoms with Gasteiger partial charge in [-0.05, 0) is 64.8 Å². The molecule has 0 unspecified atom stereocenters. The highest BCUT2D eigenvalue weighted by molar-refractivity contribution is 5.74. The molecule has 2 heterocycles. The number of hydrogen-bond donors (Lipinski definition) is 1. The van der Waals surface area contributed by atoms with Crippen LogP contribution in [0.2, 0.25) is 0 Å². The smallest absolute Gasteiger partial charge is 0.317 e. The predicted octanol–water partition coefficient (Wildman–Crippen LogP) is 3.00. The number of rotatable bonds is 4. The first kappa shape index (κ1) is 15.9. The predicted molar refractivity (Wildman–Crippen MR) is 89.9 cm³/mol. The van der Waals surface area contributed by atoms with Gasteiger partial charge in [-0.15, -0.1) is 0 Å². The number of urea groups is 1. The summed E-state index contributed by atoms with van der Waals surface area (Å²) in [6, 6.07) is 1.76. The van der Waals surface area contributed by atoms with E-state index >= 15 is 0 Å². The molecule has 4 nitrogen and oxygen atoms in total. The van der Waals surface area contributed by atoms with Gasteiger partial charge in [-0.3, -0.25) is 4.90 Å². The summed E-state index contributed by atoms with van der Waals surface area (Å²) in [6.07, 6.45) is 9.70. The highest BCUT2D eigenvalue weighted by Crippen LogP contribution is 2.38. The Kier molecular flexibility index (Phi) is 5.07. The van der Waals surface area contributed by atoms with E-state index in [-0.39, 0.29) is 6.03 Å². The second-order valence-electron chi connectivity index (χ2n) is 7.48. The number of amides is 2. The zero-order valence-electron chi connectivity index (χ0n) is 14.2. The molecule has 0 aromatic rings. The minimum atomic E-state index is 0.143. The number of piperidine rings is 2. The van der Waals surface area contributed by atoms with Gasteiger partial charge in [0.05, 0.1) is 0 Å². The Hall–Kier alpha value is -1.03. The highest BCUT2D eigenvalue weighted by atomic mass is 16.2. The molecule has 3 aliphatic rings. The van der Waals surface area contributed by atoms with Crippen molar-refractivity contribution in [3.63, 3.8) is 0 Å². The molecule has 1 saturated carbocycles. The average Bonchev–Trinajstić information content (AvgIpc) is 3.34. The number of hydrogen-bond acceptors (Lipinski definition) is 2. The quantitative estimate of drug-likeness (QED) is 0.640. The third-order valence-electron chi connectivity index (χ3n) is 5.39. The Bertz CT molecular complexity index is 426. The van der Waals surface area contributed by atoms with Crippen molar-refractivity contribution >= 4 is 6.03 Å². The van der Waals surface area contributed by atoms with Gasteiger partial charge in [0.1, 0.15) is 0 Å². The van der Waals surface area contributed by atoms with E-state index in [1.165, 1.54) is 44.2 Å². The lowest BCUT2D eigenvalue weighted by molar-refractivity contribution is 0.0296. The SMILES string of the molecule is CC(C)=CCCNC(=O)N1CC[C@H]2[C@@H](CCCN2C2CC2)C1. The summed E-state index contributed by atoms with van der Waals surface area (Å²) in [4.78, 5) is 17.1. The minimum absolute atomic E-state index is 0.143. The Labute approximate surface area is 134 Å². The fraction of sp³-hybridized carbons (Fsp3) is 0.833. The maximum absolute atomic E-state index is 12.3. The molecular formula is C18H31N3O. The lowest BCUT2D eigenvalue weighted by atomic mass is 9.84. The van der Waals surface area contributed by atoms with E-state index in [0.717, 1.165) is 38.1 Å². The van der Waals surface area contributed by atoms with Crippen molar-refractivity contribution in [1.29, 1.82) is 0 Å². The van der Waals surface area contributed by atoms with E-state index in [9.17, 15) is 4.79 Å². The average molecular weight is 305 g/mol. The zero-order chi connectivity index (χ0) is 15.5. The molecule has 4 heteroatoms. The molecule has 124 valence electrons. The van der Waals surface area contributed by atoms with Crippen LogP contribution in [0, 0.1) is 5.92 Å². The Morgan fingerprint density at radius 3 is 2.73 bits per heavy atom. The molecule has 3 fully saturated rings. The number of nitrogens with zero attached hydrogens (tertiary/aromatic N) is 2. The van der Waals surface area contributed by atoms with E-state index in [1.807, 2.05) is 0 Å². The molecule has 22 heavy (non-hydrogen) atoms. The van der Waals surface area contributed by atoms with Gasteiger partial charge < -0.3 is 10.2 Å². The summed E-state index contributed by atoms with van der Waals surface area (Å²) in [7, 11) is 0. The summed E-state index contributed by atoms with van der Waals surface area (Å²) in [5.41, 5.74) is 1.32. The van der Waals surface area contributed by atoms with Crippen molar-refractivity contribution in [2.75, 3.05) is 26.2 Å². The molecule has 0 radical (unpaired) electrons. The largest absolute Gasteiger partial charge is 0.338 e. The standard InChI is InChI=1S/C18H31N3O/c1-14(2)5-3-10-19-18(22)20-12-9-17-15(13-20)6-4-11-21(17)16-7-8-16/h5,15-17H,3-4,6-13H2,1-2H3,(H,19,22)/t15-,17-/m0/s1. The van der Waals surface area contributed by atoms with Crippen LogP contribution in [-0.2, 0) is 0 Å². The number of carbonyl (C=O) groups is 1. The van der Waals surface area contributed by atoms with Crippen LogP contribution in [0.25, 0.3) is 0 Å². The van der Waals surface area contributed by atoms with Crippen LogP contribution in [-0.4, -0.2) is 54.1 Å². The van der Waals surface area contributed by atoms with E-state index in [2.05, 4.69) is 35.0 Å². The summed E-state index contributed by atoms with van der Waals surface area (Å²) < 4.78 is 0. The second-order valence-corrected chi connectivity index (χ2v) is 7.48. The number of likely N-dealkylation sites (tertiary alicyclic amines) is 2. The monoisotopic (exact) mass is 305 g/mol. The number of nitrogens with one attached hydrogen (secondary N) is 1. The van der Waals surface area contributed by atoms with Crippen molar-refractivity contribution in [1.82, 2.24) is 15.1 Å². The van der Waals surface area contributed by atoms with E-state index < -0.39 is 0 Å². The molecule has 0 bridgehead atoms. The van der Waals surface area contributed by atoms with Crippen LogP contribution in [0.3, 0.4) is 0 Å². The van der Waals surface area contributed by atoms with Crippen LogP contribution in [0.15, 0.2) is 11.6 Å². The van der Waals surface area contributed by atoms with Crippen molar-refractivity contribution in [2.45, 2.75) is 64.5 Å². The fourth-order valence-electron chi connectivity index (χ4n) is 4.14. The summed E-state index contributed by atoms with van der Waals surface area (Å²) in [6.45, 7) is 8.13. The molecule has 1 N–H and O–H groups in total. The van der Waals surface area contributed by atoms with Gasteiger partial charge in [0.2, 0.25) is 0 Å². The van der Waals surface area contributed by atoms with Gasteiger partial charge in [-0.1, -0.05) is 11.6 Å². The van der Waals surface area contributed by atoms with Gasteiger partial charge in [0.15, 0.2) is 0 Å². The van der Waals surface area contributed by atoms with Crippen LogP contribution in [0.5, 0.6) is 0 Å². The number of allylic oxidation sites excluding steroid dienone is 1. The maximum atomic E-state index is 12.3. The molecule has 0 aromatic heterocycles. The van der Waals surface area contributed by atoms with Crippen LogP contribution < -0.4 is 5.32 Å². The molecule has 0 spiro atoms. The number of fused-ring (bicyclic) bond motifs is 1. The first-order chi connectivity index (χ1) is 10.6. The topological polar surface area (TPSA) is 35.6 Å². The normalized spacial score (nSPS) is 28.9. The molecular weight excluding hydrogens is 274 g/mol. The summed E-state index contributed by atoms with van der Waals surface area (Å²) in [5.74, 6) is 0.701. The molecule has 2 saturated heterocycles. The molecule has 2 aliphatic heterocycles. The highest BCUT2D eigenvalue weighted by Gasteiger charge is 2.42. The van der Waals surface area contributed by atoms with Crippen molar-refractivity contribution < 1.29 is 4.79 Å². The Morgan fingerprint density at radius 2 is 2.00 bits per heavy atom. The summed E-state index contributed by atoms with van der Waals surface area (Å²) in [5, 5.41) is 3.08. The Balaban J connectivity index is 1.46. The van der Waals surface area contributed by atoms with Gasteiger partial charge >= 0.3 is 6.03 Å². The molecule has 2 atom stereocenters. The lowest BCUT2D eigenvalue weighted by Crippen LogP contribution is -2.57. The first-order valence-corrected chi connectivity index (χ1v) is 9.07. The fourth-order valence-corrected chi connectivity index (χ4v) is 4.14.